The minimum Gasteiger partial charge on any atom is -0.372 e. The number of halogens is 1. The molecule has 1 aromatic rings. The van der Waals surface area contributed by atoms with Gasteiger partial charge in [-0.2, -0.15) is 0 Å². The lowest BCUT2D eigenvalue weighted by atomic mass is 10.2. The number of hydrogen-bond acceptors (Lipinski definition) is 4. The van der Waals surface area contributed by atoms with Crippen LogP contribution in [0.15, 0.2) is 12.3 Å². The largest absolute Gasteiger partial charge is 0.372 e. The molecule has 2 heterocycles. The summed E-state index contributed by atoms with van der Waals surface area (Å²) in [6.07, 6.45) is 2.21. The van der Waals surface area contributed by atoms with E-state index in [4.69, 9.17) is 16.3 Å². The highest BCUT2D eigenvalue weighted by Gasteiger charge is 2.23. The van der Waals surface area contributed by atoms with Crippen LogP contribution in [0.5, 0.6) is 0 Å². The molecular formula is C14H22ClN3O. The monoisotopic (exact) mass is 283 g/mol. The predicted molar refractivity (Wildman–Crippen MR) is 78.8 cm³/mol. The maximum atomic E-state index is 6.18. The Bertz CT molecular complexity index is 417. The fraction of sp³-hybridized carbons (Fsp3) is 0.643. The van der Waals surface area contributed by atoms with E-state index in [1.807, 2.05) is 0 Å². The van der Waals surface area contributed by atoms with Gasteiger partial charge in [0.1, 0.15) is 5.82 Å². The third-order valence-electron chi connectivity index (χ3n) is 3.23. The maximum absolute atomic E-state index is 6.18. The Morgan fingerprint density at radius 3 is 2.74 bits per heavy atom. The third-order valence-corrected chi connectivity index (χ3v) is 3.57. The first kappa shape index (κ1) is 14.6. The number of anilines is 1. The molecule has 0 radical (unpaired) electrons. The SMILES string of the molecule is CCNCc1cc(N2C[C@@H](C)O[C@@H](C)C2)ncc1Cl. The van der Waals surface area contributed by atoms with Crippen LogP contribution in [0.4, 0.5) is 5.82 Å². The van der Waals surface area contributed by atoms with Crippen LogP contribution in [-0.4, -0.2) is 36.8 Å². The summed E-state index contributed by atoms with van der Waals surface area (Å²) in [5.74, 6) is 0.985. The molecule has 5 heteroatoms. The van der Waals surface area contributed by atoms with Crippen molar-refractivity contribution in [3.63, 3.8) is 0 Å². The average Bonchev–Trinajstić information content (AvgIpc) is 2.36. The molecule has 4 nitrogen and oxygen atoms in total. The molecule has 0 bridgehead atoms. The molecule has 0 aromatic carbocycles. The van der Waals surface area contributed by atoms with Gasteiger partial charge in [0, 0.05) is 25.8 Å². The van der Waals surface area contributed by atoms with Gasteiger partial charge in [-0.05, 0) is 32.0 Å². The van der Waals surface area contributed by atoms with Crippen LogP contribution >= 0.6 is 11.6 Å². The van der Waals surface area contributed by atoms with Crippen molar-refractivity contribution in [2.45, 2.75) is 39.5 Å². The van der Waals surface area contributed by atoms with Gasteiger partial charge < -0.3 is 15.0 Å². The first-order chi connectivity index (χ1) is 9.10. The maximum Gasteiger partial charge on any atom is 0.129 e. The molecule has 1 fully saturated rings. The normalized spacial score (nSPS) is 23.7. The number of nitrogens with one attached hydrogen (secondary N) is 1. The summed E-state index contributed by atoms with van der Waals surface area (Å²) >= 11 is 6.18. The number of hydrogen-bond donors (Lipinski definition) is 1. The third kappa shape index (κ3) is 3.81. The van der Waals surface area contributed by atoms with Crippen molar-refractivity contribution in [3.8, 4) is 0 Å². The molecule has 0 spiro atoms. The molecule has 1 aromatic heterocycles. The van der Waals surface area contributed by atoms with Gasteiger partial charge in [0.05, 0.1) is 17.2 Å². The quantitative estimate of drug-likeness (QED) is 0.921. The smallest absolute Gasteiger partial charge is 0.129 e. The van der Waals surface area contributed by atoms with Gasteiger partial charge >= 0.3 is 0 Å². The van der Waals surface area contributed by atoms with Crippen LogP contribution < -0.4 is 10.2 Å². The Balaban J connectivity index is 2.15. The molecule has 1 aliphatic heterocycles. The van der Waals surface area contributed by atoms with Gasteiger partial charge in [0.25, 0.3) is 0 Å². The van der Waals surface area contributed by atoms with Crippen molar-refractivity contribution >= 4 is 17.4 Å². The molecular weight excluding hydrogens is 262 g/mol. The molecule has 0 unspecified atom stereocenters. The number of nitrogens with zero attached hydrogens (tertiary/aromatic N) is 2. The summed E-state index contributed by atoms with van der Waals surface area (Å²) in [7, 11) is 0. The Kier molecular flexibility index (Phi) is 5.02. The fourth-order valence-electron chi connectivity index (χ4n) is 2.40. The second-order valence-electron chi connectivity index (χ2n) is 5.08. The van der Waals surface area contributed by atoms with Crippen molar-refractivity contribution < 1.29 is 4.74 Å². The van der Waals surface area contributed by atoms with E-state index in [-0.39, 0.29) is 12.2 Å². The number of rotatable bonds is 4. The molecule has 0 aliphatic carbocycles. The zero-order valence-electron chi connectivity index (χ0n) is 11.8. The van der Waals surface area contributed by atoms with Crippen LogP contribution in [0.1, 0.15) is 26.3 Å². The van der Waals surface area contributed by atoms with Crippen molar-refractivity contribution in [3.05, 3.63) is 22.8 Å². The number of ether oxygens (including phenoxy) is 1. The zero-order valence-corrected chi connectivity index (χ0v) is 12.6. The molecule has 1 N–H and O–H groups in total. The highest BCUT2D eigenvalue weighted by molar-refractivity contribution is 6.31. The number of aromatic nitrogens is 1. The molecule has 0 saturated carbocycles. The first-order valence-electron chi connectivity index (χ1n) is 6.85. The standard InChI is InChI=1S/C14H22ClN3O/c1-4-16-6-12-5-14(17-7-13(12)15)18-8-10(2)19-11(3)9-18/h5,7,10-11,16H,4,6,8-9H2,1-3H3/t10-,11+. The zero-order chi connectivity index (χ0) is 13.8. The van der Waals surface area contributed by atoms with Crippen molar-refractivity contribution in [2.75, 3.05) is 24.5 Å². The van der Waals surface area contributed by atoms with Crippen LogP contribution in [0.2, 0.25) is 5.02 Å². The molecule has 2 rings (SSSR count). The molecule has 2 atom stereocenters. The van der Waals surface area contributed by atoms with Gasteiger partial charge in [-0.1, -0.05) is 18.5 Å². The predicted octanol–water partition coefficient (Wildman–Crippen LogP) is 2.46. The Morgan fingerprint density at radius 1 is 1.42 bits per heavy atom. The first-order valence-corrected chi connectivity index (χ1v) is 7.23. The van der Waals surface area contributed by atoms with E-state index >= 15 is 0 Å². The van der Waals surface area contributed by atoms with Gasteiger partial charge in [-0.15, -0.1) is 0 Å². The van der Waals surface area contributed by atoms with Crippen LogP contribution in [0, 0.1) is 0 Å². The number of pyridine rings is 1. The lowest BCUT2D eigenvalue weighted by molar-refractivity contribution is -0.00546. The minimum atomic E-state index is 0.235. The van der Waals surface area contributed by atoms with Crippen LogP contribution in [0.3, 0.4) is 0 Å². The number of morpholine rings is 1. The van der Waals surface area contributed by atoms with Gasteiger partial charge in [-0.25, -0.2) is 4.98 Å². The molecule has 1 aliphatic rings. The Morgan fingerprint density at radius 2 is 2.11 bits per heavy atom. The van der Waals surface area contributed by atoms with E-state index in [0.717, 1.165) is 42.6 Å². The van der Waals surface area contributed by atoms with Crippen molar-refractivity contribution in [1.29, 1.82) is 0 Å². The minimum absolute atomic E-state index is 0.235. The van der Waals surface area contributed by atoms with Gasteiger partial charge in [-0.3, -0.25) is 0 Å². The summed E-state index contributed by atoms with van der Waals surface area (Å²) in [6.45, 7) is 9.73. The van der Waals surface area contributed by atoms with E-state index in [0.29, 0.717) is 0 Å². The molecule has 1 saturated heterocycles. The Labute approximate surface area is 120 Å². The summed E-state index contributed by atoms with van der Waals surface area (Å²) in [6, 6.07) is 2.08. The summed E-state index contributed by atoms with van der Waals surface area (Å²) in [5.41, 5.74) is 1.10. The van der Waals surface area contributed by atoms with Crippen LogP contribution in [0.25, 0.3) is 0 Å². The van der Waals surface area contributed by atoms with E-state index in [2.05, 4.69) is 42.0 Å². The van der Waals surface area contributed by atoms with E-state index in [1.54, 1.807) is 6.20 Å². The Hall–Kier alpha value is -0.840. The van der Waals surface area contributed by atoms with E-state index in [9.17, 15) is 0 Å². The second-order valence-corrected chi connectivity index (χ2v) is 5.48. The summed E-state index contributed by atoms with van der Waals surface area (Å²) in [5, 5.41) is 4.02. The van der Waals surface area contributed by atoms with E-state index < -0.39 is 0 Å². The van der Waals surface area contributed by atoms with Gasteiger partial charge in [0.15, 0.2) is 0 Å². The average molecular weight is 284 g/mol. The highest BCUT2D eigenvalue weighted by Crippen LogP contribution is 2.23. The molecule has 19 heavy (non-hydrogen) atoms. The topological polar surface area (TPSA) is 37.4 Å². The molecule has 0 amide bonds. The lowest BCUT2D eigenvalue weighted by Crippen LogP contribution is -2.45. The van der Waals surface area contributed by atoms with Crippen molar-refractivity contribution in [1.82, 2.24) is 10.3 Å². The second kappa shape index (κ2) is 6.55. The van der Waals surface area contributed by atoms with Gasteiger partial charge in [0.2, 0.25) is 0 Å². The highest BCUT2D eigenvalue weighted by atomic mass is 35.5. The van der Waals surface area contributed by atoms with Crippen LogP contribution in [-0.2, 0) is 11.3 Å². The fourth-order valence-corrected chi connectivity index (χ4v) is 2.57. The lowest BCUT2D eigenvalue weighted by Gasteiger charge is -2.36. The summed E-state index contributed by atoms with van der Waals surface area (Å²) < 4.78 is 5.75. The summed E-state index contributed by atoms with van der Waals surface area (Å²) in [4.78, 5) is 6.72. The molecule has 106 valence electrons. The van der Waals surface area contributed by atoms with E-state index in [1.165, 1.54) is 0 Å². The van der Waals surface area contributed by atoms with Crippen molar-refractivity contribution in [2.24, 2.45) is 0 Å².